The predicted octanol–water partition coefficient (Wildman–Crippen LogP) is 2.82. The molecule has 1 saturated heterocycles. The molecule has 1 atom stereocenters. The normalized spacial score (nSPS) is 16.2. The zero-order valence-electron chi connectivity index (χ0n) is 16.3. The number of benzene rings is 2. The number of fused-ring (bicyclic) bond motifs is 1. The lowest BCUT2D eigenvalue weighted by Gasteiger charge is -2.17. The van der Waals surface area contributed by atoms with Crippen LogP contribution in [0.4, 0.5) is 10.5 Å². The average molecular weight is 392 g/mol. The third kappa shape index (κ3) is 4.18. The highest BCUT2D eigenvalue weighted by molar-refractivity contribution is 5.96. The van der Waals surface area contributed by atoms with Crippen molar-refractivity contribution in [2.45, 2.75) is 18.9 Å². The van der Waals surface area contributed by atoms with E-state index in [4.69, 9.17) is 4.74 Å². The first-order valence-corrected chi connectivity index (χ1v) is 9.68. The molecule has 7 nitrogen and oxygen atoms in total. The Morgan fingerprint density at radius 1 is 1.21 bits per heavy atom. The van der Waals surface area contributed by atoms with Crippen LogP contribution in [0.5, 0.6) is 5.75 Å². The SMILES string of the molecule is COc1ccc(N2C[C@@H](NC(=O)NCCc3c[nH]c4ccccc34)CC2=O)cc1. The Kier molecular flexibility index (Phi) is 5.37. The smallest absolute Gasteiger partial charge is 0.315 e. The molecule has 0 bridgehead atoms. The van der Waals surface area contributed by atoms with E-state index >= 15 is 0 Å². The highest BCUT2D eigenvalue weighted by atomic mass is 16.5. The van der Waals surface area contributed by atoms with Crippen LogP contribution in [-0.2, 0) is 11.2 Å². The molecule has 1 aliphatic heterocycles. The van der Waals surface area contributed by atoms with Crippen LogP contribution in [0.3, 0.4) is 0 Å². The molecule has 0 radical (unpaired) electrons. The number of methoxy groups -OCH3 is 1. The zero-order chi connectivity index (χ0) is 20.2. The van der Waals surface area contributed by atoms with E-state index in [2.05, 4.69) is 21.7 Å². The summed E-state index contributed by atoms with van der Waals surface area (Å²) in [4.78, 5) is 29.5. The third-order valence-electron chi connectivity index (χ3n) is 5.20. The van der Waals surface area contributed by atoms with Crippen LogP contribution in [0.25, 0.3) is 10.9 Å². The topological polar surface area (TPSA) is 86.5 Å². The summed E-state index contributed by atoms with van der Waals surface area (Å²) in [6, 6.07) is 15.0. The van der Waals surface area contributed by atoms with Gasteiger partial charge in [-0.3, -0.25) is 4.79 Å². The molecule has 0 aliphatic carbocycles. The summed E-state index contributed by atoms with van der Waals surface area (Å²) in [7, 11) is 1.60. The Balaban J connectivity index is 1.27. The van der Waals surface area contributed by atoms with Crippen molar-refractivity contribution in [2.24, 2.45) is 0 Å². The number of rotatable bonds is 6. The molecule has 2 heterocycles. The van der Waals surface area contributed by atoms with Gasteiger partial charge in [0.15, 0.2) is 0 Å². The van der Waals surface area contributed by atoms with Crippen molar-refractivity contribution in [3.63, 3.8) is 0 Å². The van der Waals surface area contributed by atoms with E-state index in [0.717, 1.165) is 23.4 Å². The molecule has 1 aromatic heterocycles. The molecule has 3 N–H and O–H groups in total. The van der Waals surface area contributed by atoms with Gasteiger partial charge in [0, 0.05) is 42.3 Å². The molecule has 1 fully saturated rings. The molecule has 150 valence electrons. The molecule has 2 aromatic carbocycles. The van der Waals surface area contributed by atoms with Gasteiger partial charge in [-0.2, -0.15) is 0 Å². The van der Waals surface area contributed by atoms with Gasteiger partial charge in [-0.05, 0) is 42.3 Å². The number of ether oxygens (including phenoxy) is 1. The minimum atomic E-state index is -0.251. The van der Waals surface area contributed by atoms with Gasteiger partial charge in [-0.15, -0.1) is 0 Å². The van der Waals surface area contributed by atoms with Gasteiger partial charge in [0.1, 0.15) is 5.75 Å². The zero-order valence-corrected chi connectivity index (χ0v) is 16.3. The van der Waals surface area contributed by atoms with E-state index in [1.165, 1.54) is 10.9 Å². The summed E-state index contributed by atoms with van der Waals surface area (Å²) in [5.74, 6) is 0.740. The van der Waals surface area contributed by atoms with E-state index < -0.39 is 0 Å². The molecule has 7 heteroatoms. The molecule has 3 aromatic rings. The standard InChI is InChI=1S/C22H24N4O3/c1-29-18-8-6-17(7-9-18)26-14-16(12-21(26)27)25-22(28)23-11-10-15-13-24-20-5-3-2-4-19(15)20/h2-9,13,16,24H,10-12,14H2,1H3,(H2,23,25,28)/t16-/m0/s1. The number of carbonyl (C=O) groups is 2. The second kappa shape index (κ2) is 8.26. The van der Waals surface area contributed by atoms with Crippen LogP contribution < -0.4 is 20.3 Å². The number of aromatic amines is 1. The highest BCUT2D eigenvalue weighted by Gasteiger charge is 2.31. The average Bonchev–Trinajstić information content (AvgIpc) is 3.31. The van der Waals surface area contributed by atoms with Gasteiger partial charge in [0.25, 0.3) is 0 Å². The summed E-state index contributed by atoms with van der Waals surface area (Å²) >= 11 is 0. The molecule has 3 amide bonds. The fraction of sp³-hybridized carbons (Fsp3) is 0.273. The predicted molar refractivity (Wildman–Crippen MR) is 112 cm³/mol. The van der Waals surface area contributed by atoms with Gasteiger partial charge < -0.3 is 25.3 Å². The van der Waals surface area contributed by atoms with Crippen molar-refractivity contribution in [1.29, 1.82) is 0 Å². The molecule has 29 heavy (non-hydrogen) atoms. The van der Waals surface area contributed by atoms with E-state index in [-0.39, 0.29) is 18.0 Å². The van der Waals surface area contributed by atoms with Crippen molar-refractivity contribution in [3.05, 3.63) is 60.3 Å². The van der Waals surface area contributed by atoms with Gasteiger partial charge in [0.05, 0.1) is 13.2 Å². The van der Waals surface area contributed by atoms with E-state index in [0.29, 0.717) is 19.5 Å². The maximum absolute atomic E-state index is 12.3. The Morgan fingerprint density at radius 3 is 2.79 bits per heavy atom. The summed E-state index contributed by atoms with van der Waals surface area (Å²) in [5.41, 5.74) is 3.07. The number of nitrogens with one attached hydrogen (secondary N) is 3. The molecule has 0 unspecified atom stereocenters. The van der Waals surface area contributed by atoms with E-state index in [9.17, 15) is 9.59 Å². The first kappa shape index (κ1) is 18.9. The molecular weight excluding hydrogens is 368 g/mol. The highest BCUT2D eigenvalue weighted by Crippen LogP contribution is 2.24. The first-order valence-electron chi connectivity index (χ1n) is 9.68. The number of aromatic nitrogens is 1. The Morgan fingerprint density at radius 2 is 2.00 bits per heavy atom. The monoisotopic (exact) mass is 392 g/mol. The summed E-state index contributed by atoms with van der Waals surface area (Å²) in [6.07, 6.45) is 3.01. The summed E-state index contributed by atoms with van der Waals surface area (Å²) < 4.78 is 5.15. The molecule has 0 saturated carbocycles. The number of amides is 3. The summed E-state index contributed by atoms with van der Waals surface area (Å²) in [6.45, 7) is 0.984. The lowest BCUT2D eigenvalue weighted by atomic mass is 10.1. The van der Waals surface area contributed by atoms with Crippen LogP contribution in [0.2, 0.25) is 0 Å². The van der Waals surface area contributed by atoms with E-state index in [1.807, 2.05) is 48.7 Å². The lowest BCUT2D eigenvalue weighted by Crippen LogP contribution is -2.43. The number of hydrogen-bond acceptors (Lipinski definition) is 3. The number of H-pyrrole nitrogens is 1. The molecular formula is C22H24N4O3. The van der Waals surface area contributed by atoms with Crippen LogP contribution in [0.15, 0.2) is 54.7 Å². The van der Waals surface area contributed by atoms with Crippen molar-refractivity contribution in [1.82, 2.24) is 15.6 Å². The summed E-state index contributed by atoms with van der Waals surface area (Å²) in [5, 5.41) is 6.96. The van der Waals surface area contributed by atoms with Crippen LogP contribution in [0, 0.1) is 0 Å². The number of urea groups is 1. The van der Waals surface area contributed by atoms with Gasteiger partial charge in [-0.1, -0.05) is 18.2 Å². The first-order chi connectivity index (χ1) is 14.1. The van der Waals surface area contributed by atoms with Crippen LogP contribution >= 0.6 is 0 Å². The quantitative estimate of drug-likeness (QED) is 0.603. The molecule has 0 spiro atoms. The van der Waals surface area contributed by atoms with Crippen molar-refractivity contribution in [3.8, 4) is 5.75 Å². The maximum atomic E-state index is 12.3. The van der Waals surface area contributed by atoms with Gasteiger partial charge >= 0.3 is 6.03 Å². The van der Waals surface area contributed by atoms with Crippen molar-refractivity contribution >= 4 is 28.5 Å². The number of para-hydroxylation sites is 1. The maximum Gasteiger partial charge on any atom is 0.315 e. The minimum Gasteiger partial charge on any atom is -0.497 e. The van der Waals surface area contributed by atoms with Crippen molar-refractivity contribution < 1.29 is 14.3 Å². The fourth-order valence-corrected chi connectivity index (χ4v) is 3.70. The fourth-order valence-electron chi connectivity index (χ4n) is 3.70. The largest absolute Gasteiger partial charge is 0.497 e. The number of hydrogen-bond donors (Lipinski definition) is 3. The van der Waals surface area contributed by atoms with Crippen molar-refractivity contribution in [2.75, 3.05) is 25.1 Å². The molecule has 4 rings (SSSR count). The second-order valence-corrected chi connectivity index (χ2v) is 7.11. The Bertz CT molecular complexity index is 1010. The number of carbonyl (C=O) groups excluding carboxylic acids is 2. The van der Waals surface area contributed by atoms with Gasteiger partial charge in [0.2, 0.25) is 5.91 Å². The number of nitrogens with zero attached hydrogens (tertiary/aromatic N) is 1. The minimum absolute atomic E-state index is 0.000686. The van der Waals surface area contributed by atoms with Gasteiger partial charge in [-0.25, -0.2) is 4.79 Å². The van der Waals surface area contributed by atoms with Crippen LogP contribution in [-0.4, -0.2) is 43.2 Å². The Labute approximate surface area is 169 Å². The number of anilines is 1. The third-order valence-corrected chi connectivity index (χ3v) is 5.20. The van der Waals surface area contributed by atoms with E-state index in [1.54, 1.807) is 12.0 Å². The van der Waals surface area contributed by atoms with Crippen LogP contribution in [0.1, 0.15) is 12.0 Å². The molecule has 1 aliphatic rings. The lowest BCUT2D eigenvalue weighted by molar-refractivity contribution is -0.117. The Hall–Kier alpha value is -3.48. The second-order valence-electron chi connectivity index (χ2n) is 7.11.